The van der Waals surface area contributed by atoms with Crippen molar-refractivity contribution in [2.75, 3.05) is 0 Å². The van der Waals surface area contributed by atoms with Gasteiger partial charge in [0.1, 0.15) is 11.3 Å². The number of fused-ring (bicyclic) bond motifs is 4. The molecule has 0 aliphatic carbocycles. The molecular weight excluding hydrogens is 633 g/mol. The molecule has 0 unspecified atom stereocenters. The Bertz CT molecular complexity index is 1730. The van der Waals surface area contributed by atoms with Gasteiger partial charge in [-0.15, -0.1) is 6.07 Å². The molecule has 1 N–H and O–H groups in total. The third-order valence-electron chi connectivity index (χ3n) is 6.00. The van der Waals surface area contributed by atoms with E-state index in [2.05, 4.69) is 41.8 Å². The molecule has 0 atom stereocenters. The number of rotatable bonds is 3. The van der Waals surface area contributed by atoms with Gasteiger partial charge in [0.2, 0.25) is 5.88 Å². The summed E-state index contributed by atoms with van der Waals surface area (Å²) < 4.78 is 8.15. The average molecular weight is 656 g/mol. The van der Waals surface area contributed by atoms with E-state index < -0.39 is 0 Å². The Balaban J connectivity index is 0.00000267. The molecule has 6 aromatic rings. The number of pyridine rings is 2. The molecule has 0 bridgehead atoms. The number of para-hydroxylation sites is 2. The molecule has 0 spiro atoms. The summed E-state index contributed by atoms with van der Waals surface area (Å²) in [6, 6.07) is 18.7. The molecule has 4 aromatic heterocycles. The van der Waals surface area contributed by atoms with Gasteiger partial charge in [-0.1, -0.05) is 51.1 Å². The van der Waals surface area contributed by atoms with Gasteiger partial charge in [-0.05, 0) is 45.7 Å². The van der Waals surface area contributed by atoms with Crippen molar-refractivity contribution in [2.45, 2.75) is 26.2 Å². The maximum absolute atomic E-state index is 10.5. The Morgan fingerprint density at radius 1 is 0.917 bits per heavy atom. The van der Waals surface area contributed by atoms with Crippen molar-refractivity contribution in [3.05, 3.63) is 84.9 Å². The number of aromatic hydroxyl groups is 1. The molecule has 0 fully saturated rings. The summed E-state index contributed by atoms with van der Waals surface area (Å²) in [6.07, 6.45) is 6.64. The fraction of sp³-hybridized carbons (Fsp3) is 0.143. The average Bonchev–Trinajstić information content (AvgIpc) is 3.18. The van der Waals surface area contributed by atoms with Crippen molar-refractivity contribution in [1.82, 2.24) is 24.5 Å². The molecule has 182 valence electrons. The third kappa shape index (κ3) is 3.99. The first-order valence-corrected chi connectivity index (χ1v) is 11.3. The van der Waals surface area contributed by atoms with Crippen LogP contribution in [0.2, 0.25) is 0 Å². The maximum atomic E-state index is 10.5. The van der Waals surface area contributed by atoms with Crippen LogP contribution < -0.4 is 4.74 Å². The smallest absolute Gasteiger partial charge is 0.217 e. The Morgan fingerprint density at radius 3 is 2.50 bits per heavy atom. The van der Waals surface area contributed by atoms with Gasteiger partial charge in [0, 0.05) is 56.2 Å². The van der Waals surface area contributed by atoms with Crippen LogP contribution >= 0.6 is 0 Å². The van der Waals surface area contributed by atoms with Gasteiger partial charge in [0.05, 0.1) is 6.20 Å². The van der Waals surface area contributed by atoms with Crippen molar-refractivity contribution in [1.29, 1.82) is 0 Å². The van der Waals surface area contributed by atoms with E-state index in [1.807, 2.05) is 47.0 Å². The van der Waals surface area contributed by atoms with Crippen molar-refractivity contribution in [2.24, 2.45) is 0 Å². The van der Waals surface area contributed by atoms with Gasteiger partial charge in [0.15, 0.2) is 5.82 Å². The number of hydrogen-bond donors (Lipinski definition) is 1. The van der Waals surface area contributed by atoms with E-state index in [4.69, 9.17) is 9.72 Å². The monoisotopic (exact) mass is 655 g/mol. The minimum absolute atomic E-state index is 0. The van der Waals surface area contributed by atoms with Crippen LogP contribution in [-0.2, 0) is 26.5 Å². The van der Waals surface area contributed by atoms with Crippen LogP contribution in [0.15, 0.2) is 73.3 Å². The van der Waals surface area contributed by atoms with Crippen LogP contribution in [0.1, 0.15) is 26.3 Å². The number of hydrogen-bond acceptors (Lipinski definition) is 6. The van der Waals surface area contributed by atoms with Gasteiger partial charge >= 0.3 is 0 Å². The van der Waals surface area contributed by atoms with Crippen LogP contribution in [0.25, 0.3) is 38.7 Å². The first kappa shape index (κ1) is 23.9. The molecule has 0 radical (unpaired) electrons. The molecule has 0 aliphatic heterocycles. The Labute approximate surface area is 222 Å². The van der Waals surface area contributed by atoms with Crippen molar-refractivity contribution < 1.29 is 30.9 Å². The standard InChI is InChI=1S/C28H22N5O2.Pt/c1-28(2,3)20-14-25(32-27-18(20)8-6-10-23(27)34)35-17-13-22-26(31-15-17)19-7-4-5-9-21(19)33(22)24-16-29-11-12-30-24;/h4-12,14-16,34H,1-3H3;/q-1;. The molecular formula is C28H22N5O2Pt-. The van der Waals surface area contributed by atoms with E-state index in [0.29, 0.717) is 23.0 Å². The van der Waals surface area contributed by atoms with Gasteiger partial charge in [-0.2, -0.15) is 0 Å². The Kier molecular flexibility index (Phi) is 5.97. The summed E-state index contributed by atoms with van der Waals surface area (Å²) in [5, 5.41) is 12.4. The zero-order chi connectivity index (χ0) is 24.2. The number of phenols is 1. The van der Waals surface area contributed by atoms with Crippen LogP contribution in [-0.4, -0.2) is 29.6 Å². The minimum Gasteiger partial charge on any atom is -0.506 e. The van der Waals surface area contributed by atoms with Crippen LogP contribution in [0, 0.1) is 6.07 Å². The van der Waals surface area contributed by atoms with Crippen molar-refractivity contribution in [3.8, 4) is 23.2 Å². The molecule has 0 saturated carbocycles. The quantitative estimate of drug-likeness (QED) is 0.232. The molecule has 4 heterocycles. The molecule has 6 rings (SSSR count). The van der Waals surface area contributed by atoms with E-state index >= 15 is 0 Å². The fourth-order valence-corrected chi connectivity index (χ4v) is 4.43. The van der Waals surface area contributed by atoms with Gasteiger partial charge < -0.3 is 19.4 Å². The zero-order valence-corrected chi connectivity index (χ0v) is 22.1. The summed E-state index contributed by atoms with van der Waals surface area (Å²) in [7, 11) is 0. The second-order valence-corrected chi connectivity index (χ2v) is 9.39. The van der Waals surface area contributed by atoms with Crippen LogP contribution in [0.4, 0.5) is 0 Å². The second kappa shape index (κ2) is 8.99. The molecule has 0 aliphatic rings. The van der Waals surface area contributed by atoms with E-state index in [-0.39, 0.29) is 32.2 Å². The number of benzene rings is 2. The minimum atomic E-state index is -0.183. The normalized spacial score (nSPS) is 11.6. The molecule has 2 aromatic carbocycles. The molecule has 36 heavy (non-hydrogen) atoms. The van der Waals surface area contributed by atoms with E-state index in [1.165, 1.54) is 0 Å². The van der Waals surface area contributed by atoms with Crippen molar-refractivity contribution >= 4 is 32.8 Å². The summed E-state index contributed by atoms with van der Waals surface area (Å²) in [5.74, 6) is 1.55. The number of aromatic nitrogens is 5. The summed E-state index contributed by atoms with van der Waals surface area (Å²) in [6.45, 7) is 6.36. The van der Waals surface area contributed by atoms with E-state index in [0.717, 1.165) is 32.9 Å². The van der Waals surface area contributed by atoms with Gasteiger partial charge in [-0.3, -0.25) is 4.98 Å². The topological polar surface area (TPSA) is 86.0 Å². The van der Waals surface area contributed by atoms with E-state index in [9.17, 15) is 5.11 Å². The predicted molar refractivity (Wildman–Crippen MR) is 135 cm³/mol. The van der Waals surface area contributed by atoms with Gasteiger partial charge in [0.25, 0.3) is 0 Å². The Morgan fingerprint density at radius 2 is 1.72 bits per heavy atom. The summed E-state index contributed by atoms with van der Waals surface area (Å²) in [5.41, 5.74) is 3.81. The van der Waals surface area contributed by atoms with Crippen LogP contribution in [0.5, 0.6) is 17.4 Å². The molecule has 0 saturated heterocycles. The zero-order valence-electron chi connectivity index (χ0n) is 19.8. The number of ether oxygens (including phenoxy) is 1. The number of phenolic OH excluding ortho intramolecular Hbond substituents is 1. The molecule has 0 amide bonds. The van der Waals surface area contributed by atoms with Crippen LogP contribution in [0.3, 0.4) is 0 Å². The Hall–Kier alpha value is -3.83. The van der Waals surface area contributed by atoms with E-state index in [1.54, 1.807) is 30.9 Å². The predicted octanol–water partition coefficient (Wildman–Crippen LogP) is 6.11. The molecule has 8 heteroatoms. The SMILES string of the molecule is CC(C)(C)c1cc(Oc2[c-]c3c(nc2)c2ccccc2n3-c2cnccn2)nc2c(O)cccc12.[Pt]. The summed E-state index contributed by atoms with van der Waals surface area (Å²) >= 11 is 0. The first-order valence-electron chi connectivity index (χ1n) is 11.3. The third-order valence-corrected chi connectivity index (χ3v) is 6.00. The second-order valence-electron chi connectivity index (χ2n) is 9.39. The maximum Gasteiger partial charge on any atom is 0.217 e. The first-order chi connectivity index (χ1) is 16.9. The fourth-order valence-electron chi connectivity index (χ4n) is 4.43. The molecule has 7 nitrogen and oxygen atoms in total. The van der Waals surface area contributed by atoms with Crippen molar-refractivity contribution in [3.63, 3.8) is 0 Å². The largest absolute Gasteiger partial charge is 0.506 e. The number of nitrogens with zero attached hydrogens (tertiary/aromatic N) is 5. The summed E-state index contributed by atoms with van der Waals surface area (Å²) in [4.78, 5) is 18.0. The van der Waals surface area contributed by atoms with Gasteiger partial charge in [-0.25, -0.2) is 9.97 Å².